The van der Waals surface area contributed by atoms with Gasteiger partial charge in [-0.05, 0) is 51.4 Å². The minimum absolute atomic E-state index is 0.0149. The van der Waals surface area contributed by atoms with Gasteiger partial charge in [0.2, 0.25) is 0 Å². The lowest BCUT2D eigenvalue weighted by Crippen LogP contribution is -2.26. The molecule has 0 aromatic rings. The molecule has 5 nitrogen and oxygen atoms in total. The van der Waals surface area contributed by atoms with Crippen LogP contribution in [0.4, 0.5) is 0 Å². The SMILES string of the molecule is CCCCCC=CCC=CCC=CCC=CCCCC(=O)OC(CCO)COC(=O)CCCCCCCCCCCCCCCCC. The minimum atomic E-state index is -0.589. The normalized spacial score (nSPS) is 12.7. The maximum atomic E-state index is 12.3. The number of allylic oxidation sites excluding steroid dienone is 8. The maximum absolute atomic E-state index is 12.3. The van der Waals surface area contributed by atoms with Crippen LogP contribution >= 0.6 is 0 Å². The molecule has 0 radical (unpaired) electrons. The fourth-order valence-corrected chi connectivity index (χ4v) is 5.39. The Hall–Kier alpha value is -2.14. The zero-order valence-electron chi connectivity index (χ0n) is 30.8. The molecule has 0 heterocycles. The van der Waals surface area contributed by atoms with Crippen molar-refractivity contribution in [3.8, 4) is 0 Å². The Labute approximate surface area is 290 Å². The fraction of sp³-hybridized carbons (Fsp3) is 0.762. The van der Waals surface area contributed by atoms with Crippen LogP contribution in [0.2, 0.25) is 0 Å². The van der Waals surface area contributed by atoms with Crippen LogP contribution in [-0.2, 0) is 19.1 Å². The average molecular weight is 659 g/mol. The predicted octanol–water partition coefficient (Wildman–Crippen LogP) is 12.2. The molecule has 0 amide bonds. The molecule has 47 heavy (non-hydrogen) atoms. The van der Waals surface area contributed by atoms with E-state index in [4.69, 9.17) is 9.47 Å². The lowest BCUT2D eigenvalue weighted by atomic mass is 10.0. The van der Waals surface area contributed by atoms with Gasteiger partial charge in [0.15, 0.2) is 0 Å². The number of esters is 2. The van der Waals surface area contributed by atoms with Crippen LogP contribution in [0, 0.1) is 0 Å². The first kappa shape index (κ1) is 44.9. The van der Waals surface area contributed by atoms with Gasteiger partial charge in [0.1, 0.15) is 12.7 Å². The summed E-state index contributed by atoms with van der Waals surface area (Å²) in [6.45, 7) is 4.40. The van der Waals surface area contributed by atoms with Gasteiger partial charge < -0.3 is 14.6 Å². The average Bonchev–Trinajstić information content (AvgIpc) is 3.07. The minimum Gasteiger partial charge on any atom is -0.462 e. The lowest BCUT2D eigenvalue weighted by Gasteiger charge is -2.17. The van der Waals surface area contributed by atoms with E-state index in [0.717, 1.165) is 44.9 Å². The number of aliphatic hydroxyl groups excluding tert-OH is 1. The molecule has 5 heteroatoms. The van der Waals surface area contributed by atoms with Crippen LogP contribution in [0.3, 0.4) is 0 Å². The molecule has 0 saturated heterocycles. The third-order valence-electron chi connectivity index (χ3n) is 8.37. The van der Waals surface area contributed by atoms with Crippen LogP contribution in [0.5, 0.6) is 0 Å². The molecule has 272 valence electrons. The highest BCUT2D eigenvalue weighted by Gasteiger charge is 2.16. The predicted molar refractivity (Wildman–Crippen MR) is 200 cm³/mol. The van der Waals surface area contributed by atoms with Gasteiger partial charge in [0.25, 0.3) is 0 Å². The topological polar surface area (TPSA) is 72.8 Å². The van der Waals surface area contributed by atoms with Crippen LogP contribution in [0.25, 0.3) is 0 Å². The van der Waals surface area contributed by atoms with Crippen molar-refractivity contribution in [2.75, 3.05) is 13.2 Å². The van der Waals surface area contributed by atoms with E-state index in [9.17, 15) is 14.7 Å². The number of carbonyl (C=O) groups excluding carboxylic acids is 2. The summed E-state index contributed by atoms with van der Waals surface area (Å²) in [5, 5.41) is 9.35. The van der Waals surface area contributed by atoms with Gasteiger partial charge >= 0.3 is 11.9 Å². The first-order valence-electron chi connectivity index (χ1n) is 19.7. The largest absolute Gasteiger partial charge is 0.462 e. The molecule has 0 aliphatic heterocycles. The smallest absolute Gasteiger partial charge is 0.306 e. The second-order valence-corrected chi connectivity index (χ2v) is 13.0. The molecule has 1 N–H and O–H groups in total. The van der Waals surface area contributed by atoms with E-state index in [1.807, 2.05) is 0 Å². The second kappa shape index (κ2) is 38.3. The number of hydrogen-bond acceptors (Lipinski definition) is 5. The summed E-state index contributed by atoms with van der Waals surface area (Å²) < 4.78 is 10.8. The summed E-state index contributed by atoms with van der Waals surface area (Å²) in [5.41, 5.74) is 0. The molecule has 0 aromatic heterocycles. The Bertz CT molecular complexity index is 797. The molecule has 0 spiro atoms. The van der Waals surface area contributed by atoms with Crippen molar-refractivity contribution in [1.82, 2.24) is 0 Å². The van der Waals surface area contributed by atoms with Gasteiger partial charge in [-0.1, -0.05) is 165 Å². The number of aliphatic hydroxyl groups is 1. The summed E-state index contributed by atoms with van der Waals surface area (Å²) >= 11 is 0. The Morgan fingerprint density at radius 3 is 1.40 bits per heavy atom. The molecule has 0 saturated carbocycles. The first-order valence-corrected chi connectivity index (χ1v) is 19.7. The van der Waals surface area contributed by atoms with Gasteiger partial charge in [-0.2, -0.15) is 0 Å². The van der Waals surface area contributed by atoms with Crippen molar-refractivity contribution in [1.29, 1.82) is 0 Å². The molecule has 0 aliphatic carbocycles. The molecular weight excluding hydrogens is 584 g/mol. The number of unbranched alkanes of at least 4 members (excludes halogenated alkanes) is 18. The highest BCUT2D eigenvalue weighted by atomic mass is 16.6. The summed E-state index contributed by atoms with van der Waals surface area (Å²) in [5.74, 6) is -0.558. The summed E-state index contributed by atoms with van der Waals surface area (Å²) in [6.07, 6.45) is 46.7. The third-order valence-corrected chi connectivity index (χ3v) is 8.37. The highest BCUT2D eigenvalue weighted by molar-refractivity contribution is 5.70. The van der Waals surface area contributed by atoms with E-state index in [1.54, 1.807) is 0 Å². The van der Waals surface area contributed by atoms with Crippen molar-refractivity contribution < 1.29 is 24.2 Å². The number of hydrogen-bond donors (Lipinski definition) is 1. The van der Waals surface area contributed by atoms with E-state index in [-0.39, 0.29) is 31.6 Å². The molecule has 1 unspecified atom stereocenters. The Kier molecular flexibility index (Phi) is 36.6. The molecular formula is C42H74O5. The van der Waals surface area contributed by atoms with E-state index < -0.39 is 6.10 Å². The van der Waals surface area contributed by atoms with Crippen molar-refractivity contribution >= 4 is 11.9 Å². The summed E-state index contributed by atoms with van der Waals surface area (Å²) in [4.78, 5) is 24.4. The standard InChI is InChI=1S/C42H74O5/c1-3-5-7-9-11-13-15-17-19-20-22-24-26-28-30-32-34-36-42(45)47-40(37-38-43)39-46-41(44)35-33-31-29-27-25-23-21-18-16-14-12-10-8-6-4-2/h11,13,17,19,22,24,28,30,40,43H,3-10,12,14-16,18,20-21,23,25-27,29,31-39H2,1-2H3. The molecule has 0 rings (SSSR count). The van der Waals surface area contributed by atoms with Crippen LogP contribution in [0.15, 0.2) is 48.6 Å². The second-order valence-electron chi connectivity index (χ2n) is 13.0. The van der Waals surface area contributed by atoms with Crippen LogP contribution < -0.4 is 0 Å². The van der Waals surface area contributed by atoms with E-state index in [1.165, 1.54) is 103 Å². The first-order chi connectivity index (χ1) is 23.1. The van der Waals surface area contributed by atoms with Gasteiger partial charge in [0, 0.05) is 25.9 Å². The monoisotopic (exact) mass is 659 g/mol. The molecule has 0 aromatic carbocycles. The number of ether oxygens (including phenoxy) is 2. The van der Waals surface area contributed by atoms with E-state index in [2.05, 4.69) is 62.5 Å². The zero-order valence-corrected chi connectivity index (χ0v) is 30.8. The zero-order chi connectivity index (χ0) is 34.3. The summed E-state index contributed by atoms with van der Waals surface area (Å²) in [7, 11) is 0. The Morgan fingerprint density at radius 1 is 0.511 bits per heavy atom. The van der Waals surface area contributed by atoms with Gasteiger partial charge in [0.05, 0.1) is 0 Å². The van der Waals surface area contributed by atoms with Gasteiger partial charge in [-0.15, -0.1) is 0 Å². The molecule has 0 aliphatic rings. The lowest BCUT2D eigenvalue weighted by molar-refractivity contribution is -0.160. The fourth-order valence-electron chi connectivity index (χ4n) is 5.39. The molecule has 0 fully saturated rings. The van der Waals surface area contributed by atoms with Crippen molar-refractivity contribution in [3.05, 3.63) is 48.6 Å². The molecule has 1 atom stereocenters. The summed E-state index contributed by atoms with van der Waals surface area (Å²) in [6, 6.07) is 0. The van der Waals surface area contributed by atoms with Crippen LogP contribution in [0.1, 0.15) is 187 Å². The maximum Gasteiger partial charge on any atom is 0.306 e. The van der Waals surface area contributed by atoms with Crippen molar-refractivity contribution in [2.24, 2.45) is 0 Å². The van der Waals surface area contributed by atoms with Gasteiger partial charge in [-0.25, -0.2) is 0 Å². The van der Waals surface area contributed by atoms with Crippen molar-refractivity contribution in [3.63, 3.8) is 0 Å². The number of rotatable bonds is 35. The highest BCUT2D eigenvalue weighted by Crippen LogP contribution is 2.14. The number of carbonyl (C=O) groups is 2. The third kappa shape index (κ3) is 36.5. The van der Waals surface area contributed by atoms with Gasteiger partial charge in [-0.3, -0.25) is 9.59 Å². The van der Waals surface area contributed by atoms with Crippen LogP contribution in [-0.4, -0.2) is 36.4 Å². The van der Waals surface area contributed by atoms with E-state index >= 15 is 0 Å². The van der Waals surface area contributed by atoms with E-state index in [0.29, 0.717) is 19.3 Å². The molecule has 0 bridgehead atoms. The Morgan fingerprint density at radius 2 is 0.915 bits per heavy atom. The van der Waals surface area contributed by atoms with Crippen molar-refractivity contribution in [2.45, 2.75) is 193 Å². The Balaban J connectivity index is 3.76. The quantitative estimate of drug-likeness (QED) is 0.0417.